The fraction of sp³-hybridized carbons (Fsp3) is 0.857. The van der Waals surface area contributed by atoms with Crippen molar-refractivity contribution in [3.8, 4) is 0 Å². The maximum atomic E-state index is 12.7. The predicted molar refractivity (Wildman–Crippen MR) is 115 cm³/mol. The van der Waals surface area contributed by atoms with Crippen molar-refractivity contribution in [2.75, 3.05) is 11.0 Å². The average molecular weight is 463 g/mol. The van der Waals surface area contributed by atoms with E-state index in [-0.39, 0.29) is 23.0 Å². The minimum Gasteiger partial charge on any atom is -0.372 e. The standard InChI is InChI=1S/C21H38INO2/c1-15(2)12-17-8-10-18(11-9-17)16(3)19(24)23-20(4,5)14-25-21(6,7)13-22/h8,15-16,18H,9-14H2,1-7H3,(H,23,24)/t16?,18-/m0/s1. The van der Waals surface area contributed by atoms with Crippen LogP contribution >= 0.6 is 22.6 Å². The Labute approximate surface area is 168 Å². The predicted octanol–water partition coefficient (Wildman–Crippen LogP) is 5.52. The summed E-state index contributed by atoms with van der Waals surface area (Å²) in [4.78, 5) is 12.7. The van der Waals surface area contributed by atoms with Crippen molar-refractivity contribution >= 4 is 28.5 Å². The molecule has 1 N–H and O–H groups in total. The third-order valence-electron chi connectivity index (χ3n) is 4.94. The number of allylic oxidation sites excluding steroid dienone is 2. The summed E-state index contributed by atoms with van der Waals surface area (Å²) < 4.78 is 6.92. The number of alkyl halides is 1. The quantitative estimate of drug-likeness (QED) is 0.278. The maximum Gasteiger partial charge on any atom is 0.223 e. The molecule has 3 nitrogen and oxygen atoms in total. The van der Waals surface area contributed by atoms with Crippen LogP contribution in [-0.2, 0) is 9.53 Å². The van der Waals surface area contributed by atoms with Crippen LogP contribution in [0.25, 0.3) is 0 Å². The van der Waals surface area contributed by atoms with Crippen molar-refractivity contribution < 1.29 is 9.53 Å². The Bertz CT molecular complexity index is 469. The van der Waals surface area contributed by atoms with E-state index >= 15 is 0 Å². The Morgan fingerprint density at radius 2 is 1.96 bits per heavy atom. The van der Waals surface area contributed by atoms with Crippen LogP contribution < -0.4 is 5.32 Å². The van der Waals surface area contributed by atoms with Gasteiger partial charge in [-0.3, -0.25) is 4.79 Å². The van der Waals surface area contributed by atoms with Crippen LogP contribution in [-0.4, -0.2) is 28.1 Å². The van der Waals surface area contributed by atoms with E-state index in [1.54, 1.807) is 5.57 Å². The van der Waals surface area contributed by atoms with Gasteiger partial charge in [0.15, 0.2) is 0 Å². The third kappa shape index (κ3) is 8.42. The molecule has 0 fully saturated rings. The molecule has 1 unspecified atom stereocenters. The zero-order valence-corrected chi connectivity index (χ0v) is 19.4. The molecule has 0 aliphatic heterocycles. The number of carbonyl (C=O) groups excluding carboxylic acids is 1. The number of halogens is 1. The van der Waals surface area contributed by atoms with Crippen molar-refractivity contribution in [2.45, 2.75) is 85.3 Å². The van der Waals surface area contributed by atoms with E-state index in [4.69, 9.17) is 4.74 Å². The second-order valence-corrected chi connectivity index (χ2v) is 10.1. The van der Waals surface area contributed by atoms with Crippen molar-refractivity contribution in [3.63, 3.8) is 0 Å². The molecule has 0 saturated carbocycles. The Morgan fingerprint density at radius 1 is 1.32 bits per heavy atom. The monoisotopic (exact) mass is 463 g/mol. The first-order valence-corrected chi connectivity index (χ1v) is 11.2. The molecule has 1 aliphatic rings. The van der Waals surface area contributed by atoms with Gasteiger partial charge in [-0.25, -0.2) is 0 Å². The smallest absolute Gasteiger partial charge is 0.223 e. The molecule has 1 aliphatic carbocycles. The summed E-state index contributed by atoms with van der Waals surface area (Å²) in [5.74, 6) is 1.38. The number of hydrogen-bond acceptors (Lipinski definition) is 2. The molecule has 1 amide bonds. The SMILES string of the molecule is CC(C)CC1=CC[C@H](C(C)C(=O)NC(C)(C)COC(C)(C)CI)CC1. The van der Waals surface area contributed by atoms with Gasteiger partial charge in [-0.2, -0.15) is 0 Å². The zero-order chi connectivity index (χ0) is 19.3. The van der Waals surface area contributed by atoms with Crippen LogP contribution in [0.4, 0.5) is 0 Å². The Kier molecular flexibility index (Phi) is 8.92. The molecule has 0 spiro atoms. The highest BCUT2D eigenvalue weighted by atomic mass is 127. The Balaban J connectivity index is 2.52. The molecule has 25 heavy (non-hydrogen) atoms. The van der Waals surface area contributed by atoms with Crippen molar-refractivity contribution in [1.29, 1.82) is 0 Å². The second-order valence-electron chi connectivity index (χ2n) is 9.34. The van der Waals surface area contributed by atoms with Gasteiger partial charge in [-0.15, -0.1) is 0 Å². The lowest BCUT2D eigenvalue weighted by Gasteiger charge is -2.34. The number of rotatable bonds is 9. The van der Waals surface area contributed by atoms with E-state index in [0.29, 0.717) is 12.5 Å². The van der Waals surface area contributed by atoms with Crippen molar-refractivity contribution in [3.05, 3.63) is 11.6 Å². The van der Waals surface area contributed by atoms with Crippen LogP contribution in [0.3, 0.4) is 0 Å². The maximum absolute atomic E-state index is 12.7. The molecule has 1 rings (SSSR count). The molecule has 4 heteroatoms. The number of ether oxygens (including phenoxy) is 1. The number of carbonyl (C=O) groups is 1. The van der Waals surface area contributed by atoms with E-state index in [0.717, 1.165) is 29.6 Å². The topological polar surface area (TPSA) is 38.3 Å². The molecule has 0 bridgehead atoms. The van der Waals surface area contributed by atoms with Crippen molar-refractivity contribution in [1.82, 2.24) is 5.32 Å². The fourth-order valence-corrected chi connectivity index (χ4v) is 3.40. The summed E-state index contributed by atoms with van der Waals surface area (Å²) in [6.07, 6.45) is 6.90. The van der Waals surface area contributed by atoms with Crippen molar-refractivity contribution in [2.24, 2.45) is 17.8 Å². The van der Waals surface area contributed by atoms with Gasteiger partial charge >= 0.3 is 0 Å². The summed E-state index contributed by atoms with van der Waals surface area (Å²) in [7, 11) is 0. The Hall–Kier alpha value is -0.100. The van der Waals surface area contributed by atoms with Crippen LogP contribution in [0, 0.1) is 17.8 Å². The van der Waals surface area contributed by atoms with Crippen LogP contribution in [0.1, 0.15) is 74.1 Å². The van der Waals surface area contributed by atoms with Gasteiger partial charge in [0.25, 0.3) is 0 Å². The van der Waals surface area contributed by atoms with E-state index in [1.807, 2.05) is 13.8 Å². The summed E-state index contributed by atoms with van der Waals surface area (Å²) in [5, 5.41) is 3.21. The normalized spacial score (nSPS) is 20.4. The molecule has 146 valence electrons. The summed E-state index contributed by atoms with van der Waals surface area (Å²) in [5.41, 5.74) is 1.07. The first-order valence-electron chi connectivity index (χ1n) is 9.65. The first kappa shape index (κ1) is 22.9. The summed E-state index contributed by atoms with van der Waals surface area (Å²) >= 11 is 2.34. The van der Waals surface area contributed by atoms with E-state index in [9.17, 15) is 4.79 Å². The number of nitrogens with one attached hydrogen (secondary N) is 1. The van der Waals surface area contributed by atoms with Gasteiger partial charge in [0.05, 0.1) is 17.7 Å². The van der Waals surface area contributed by atoms with Gasteiger partial charge in [-0.05, 0) is 65.2 Å². The number of hydrogen-bond donors (Lipinski definition) is 1. The highest BCUT2D eigenvalue weighted by Crippen LogP contribution is 2.32. The van der Waals surface area contributed by atoms with Gasteiger partial charge < -0.3 is 10.1 Å². The van der Waals surface area contributed by atoms with E-state index in [1.165, 1.54) is 6.42 Å². The van der Waals surface area contributed by atoms with Gasteiger partial charge in [0, 0.05) is 10.3 Å². The molecule has 0 radical (unpaired) electrons. The van der Waals surface area contributed by atoms with Crippen LogP contribution in [0.5, 0.6) is 0 Å². The largest absolute Gasteiger partial charge is 0.372 e. The second kappa shape index (κ2) is 9.72. The molecular weight excluding hydrogens is 425 g/mol. The fourth-order valence-electron chi connectivity index (χ4n) is 3.18. The lowest BCUT2D eigenvalue weighted by Crippen LogP contribution is -2.51. The highest BCUT2D eigenvalue weighted by molar-refractivity contribution is 14.1. The average Bonchev–Trinajstić information content (AvgIpc) is 2.52. The van der Waals surface area contributed by atoms with Crippen LogP contribution in [0.15, 0.2) is 11.6 Å². The van der Waals surface area contributed by atoms with Gasteiger partial charge in [-0.1, -0.05) is 55.0 Å². The lowest BCUT2D eigenvalue weighted by atomic mass is 9.79. The Morgan fingerprint density at radius 3 is 2.44 bits per heavy atom. The van der Waals surface area contributed by atoms with Gasteiger partial charge in [0.1, 0.15) is 0 Å². The molecule has 0 aromatic heterocycles. The number of amides is 1. The molecular formula is C21H38INO2. The minimum atomic E-state index is -0.346. The lowest BCUT2D eigenvalue weighted by molar-refractivity contribution is -0.129. The molecule has 0 saturated heterocycles. The molecule has 0 aromatic carbocycles. The van der Waals surface area contributed by atoms with Crippen LogP contribution in [0.2, 0.25) is 0 Å². The zero-order valence-electron chi connectivity index (χ0n) is 17.2. The third-order valence-corrected chi connectivity index (χ3v) is 6.78. The molecule has 2 atom stereocenters. The van der Waals surface area contributed by atoms with Gasteiger partial charge in [0.2, 0.25) is 5.91 Å². The first-order chi connectivity index (χ1) is 11.5. The highest BCUT2D eigenvalue weighted by Gasteiger charge is 2.31. The summed E-state index contributed by atoms with van der Waals surface area (Å²) in [6, 6.07) is 0. The minimum absolute atomic E-state index is 0.0497. The van der Waals surface area contributed by atoms with E-state index in [2.05, 4.69) is 68.6 Å². The molecule has 0 aromatic rings. The van der Waals surface area contributed by atoms with E-state index < -0.39 is 0 Å². The summed E-state index contributed by atoms with van der Waals surface area (Å²) in [6.45, 7) is 15.4. The molecule has 0 heterocycles.